The van der Waals surface area contributed by atoms with Crippen LogP contribution in [0.4, 0.5) is 0 Å². The van der Waals surface area contributed by atoms with E-state index < -0.39 is 0 Å². The van der Waals surface area contributed by atoms with Gasteiger partial charge in [0, 0.05) is 94.0 Å². The Morgan fingerprint density at radius 1 is 1.00 bits per heavy atom. The number of rotatable bonds is 0. The molecule has 0 aliphatic carbocycles. The fraction of sp³-hybridized carbons (Fsp3) is 0. The first-order chi connectivity index (χ1) is 0. The summed E-state index contributed by atoms with van der Waals surface area (Å²) in [5, 5.41) is 0. The summed E-state index contributed by atoms with van der Waals surface area (Å²) >= 11 is 0. The maximum absolute atomic E-state index is 0. The average Bonchev–Trinajstić information content (AvgIpc) is 0. The molecule has 0 saturated heterocycles. The first-order valence-corrected chi connectivity index (χ1v) is 0. The molecular weight excluding hydrogens is 285 g/mol. The van der Waals surface area contributed by atoms with Gasteiger partial charge in [0.25, 0.3) is 0 Å². The van der Waals surface area contributed by atoms with Gasteiger partial charge >= 0.3 is 0 Å². The van der Waals surface area contributed by atoms with E-state index in [1.54, 1.807) is 0 Å². The van der Waals surface area contributed by atoms with Crippen LogP contribution in [-0.4, -0.2) is 59.8 Å². The molecule has 0 aromatic heterocycles. The van der Waals surface area contributed by atoms with Crippen molar-refractivity contribution < 1.29 is 34.1 Å². The third kappa shape index (κ3) is 8.85. The third-order valence-corrected chi connectivity index (χ3v) is 0. The molecule has 0 spiro atoms. The van der Waals surface area contributed by atoms with Crippen molar-refractivity contribution in [3.05, 3.63) is 0 Å². The predicted octanol–water partition coefficient (Wildman–Crippen LogP) is -0.767. The molecule has 0 aromatic carbocycles. The summed E-state index contributed by atoms with van der Waals surface area (Å²) in [6.45, 7) is 0. The standard InChI is InChI=1S/Ba.Cu.Fe.Si. The van der Waals surface area contributed by atoms with Crippen molar-refractivity contribution >= 4 is 59.8 Å². The molecule has 0 fully saturated rings. The molecule has 4 heteroatoms. The second-order valence-electron chi connectivity index (χ2n) is 0. The van der Waals surface area contributed by atoms with E-state index in [9.17, 15) is 0 Å². The Hall–Kier alpha value is 2.83. The Balaban J connectivity index is 0. The van der Waals surface area contributed by atoms with E-state index in [0.29, 0.717) is 0 Å². The fourth-order valence-corrected chi connectivity index (χ4v) is 0. The molecular formula is BaCuFeSi. The van der Waals surface area contributed by atoms with Crippen LogP contribution >= 0.6 is 0 Å². The normalized spacial score (nSPS) is 0. The van der Waals surface area contributed by atoms with Crippen molar-refractivity contribution in [3.8, 4) is 0 Å². The van der Waals surface area contributed by atoms with E-state index in [1.807, 2.05) is 0 Å². The van der Waals surface area contributed by atoms with Gasteiger partial charge in [-0.05, 0) is 0 Å². The Morgan fingerprint density at radius 2 is 1.00 bits per heavy atom. The summed E-state index contributed by atoms with van der Waals surface area (Å²) in [5.41, 5.74) is 0. The van der Waals surface area contributed by atoms with Crippen LogP contribution in [0.5, 0.6) is 0 Å². The summed E-state index contributed by atoms with van der Waals surface area (Å²) in [4.78, 5) is 0. The minimum Gasteiger partial charge on any atom is 0 e. The number of hydrogen-bond acceptors (Lipinski definition) is 0. The molecule has 0 atom stereocenters. The van der Waals surface area contributed by atoms with Gasteiger partial charge < -0.3 is 0 Å². The zero-order valence-corrected chi connectivity index (χ0v) is 9.35. The zero-order valence-electron chi connectivity index (χ0n) is 1.86. The van der Waals surface area contributed by atoms with Gasteiger partial charge in [-0.15, -0.1) is 0 Å². The molecule has 0 bridgehead atoms. The van der Waals surface area contributed by atoms with Crippen LogP contribution in [0.1, 0.15) is 0 Å². The molecule has 0 heterocycles. The quantitative estimate of drug-likeness (QED) is 0.513. The van der Waals surface area contributed by atoms with E-state index in [0.717, 1.165) is 0 Å². The van der Waals surface area contributed by atoms with Gasteiger partial charge in [-0.2, -0.15) is 0 Å². The van der Waals surface area contributed by atoms with Crippen LogP contribution in [0.3, 0.4) is 0 Å². The van der Waals surface area contributed by atoms with Gasteiger partial charge in [-0.3, -0.25) is 0 Å². The molecule has 0 unspecified atom stereocenters. The van der Waals surface area contributed by atoms with Gasteiger partial charge in [0.15, 0.2) is 0 Å². The van der Waals surface area contributed by atoms with Crippen LogP contribution in [0.25, 0.3) is 0 Å². The molecule has 7 radical (unpaired) electrons. The van der Waals surface area contributed by atoms with Gasteiger partial charge in [0.2, 0.25) is 0 Å². The average molecular weight is 285 g/mol. The van der Waals surface area contributed by atoms with Crippen molar-refractivity contribution in [3.63, 3.8) is 0 Å². The summed E-state index contributed by atoms with van der Waals surface area (Å²) in [7, 11) is 0. The molecule has 0 amide bonds. The van der Waals surface area contributed by atoms with Gasteiger partial charge in [-0.1, -0.05) is 0 Å². The van der Waals surface area contributed by atoms with Crippen molar-refractivity contribution in [2.45, 2.75) is 0 Å². The van der Waals surface area contributed by atoms with Crippen LogP contribution in [0.15, 0.2) is 0 Å². The molecule has 4 heavy (non-hydrogen) atoms. The molecule has 0 aromatic rings. The summed E-state index contributed by atoms with van der Waals surface area (Å²) in [6, 6.07) is 0. The molecule has 25 valence electrons. The Kier molecular flexibility index (Phi) is 123. The number of hydrogen-bond donors (Lipinski definition) is 0. The Labute approximate surface area is 91.9 Å². The van der Waals surface area contributed by atoms with E-state index in [-0.39, 0.29) is 94.0 Å². The van der Waals surface area contributed by atoms with Gasteiger partial charge in [-0.25, -0.2) is 0 Å². The fourth-order valence-electron chi connectivity index (χ4n) is 0. The minimum atomic E-state index is 0. The van der Waals surface area contributed by atoms with Crippen molar-refractivity contribution in [2.75, 3.05) is 0 Å². The predicted molar refractivity (Wildman–Crippen MR) is 11.5 cm³/mol. The molecule has 0 N–H and O–H groups in total. The Bertz CT molecular complexity index is 8.00. The van der Waals surface area contributed by atoms with Crippen molar-refractivity contribution in [1.29, 1.82) is 0 Å². The maximum atomic E-state index is 0. The van der Waals surface area contributed by atoms with Crippen molar-refractivity contribution in [1.82, 2.24) is 0 Å². The molecule has 0 saturated carbocycles. The molecule has 0 rings (SSSR count). The van der Waals surface area contributed by atoms with E-state index >= 15 is 0 Å². The molecule has 0 aliphatic rings. The molecule has 0 nitrogen and oxygen atoms in total. The smallest absolute Gasteiger partial charge is 0 e. The van der Waals surface area contributed by atoms with E-state index in [1.165, 1.54) is 0 Å². The first-order valence-electron chi connectivity index (χ1n) is 0. The summed E-state index contributed by atoms with van der Waals surface area (Å²) < 4.78 is 0. The van der Waals surface area contributed by atoms with Crippen molar-refractivity contribution in [2.24, 2.45) is 0 Å². The van der Waals surface area contributed by atoms with Crippen LogP contribution in [0.2, 0.25) is 0 Å². The second kappa shape index (κ2) is 17.0. The van der Waals surface area contributed by atoms with E-state index in [2.05, 4.69) is 0 Å². The topological polar surface area (TPSA) is 0 Å². The largest absolute Gasteiger partial charge is 0 e. The first kappa shape index (κ1) is 29.0. The minimum absolute atomic E-state index is 0. The van der Waals surface area contributed by atoms with Crippen LogP contribution in [-0.2, 0) is 34.1 Å². The van der Waals surface area contributed by atoms with Gasteiger partial charge in [0.05, 0.1) is 0 Å². The maximum Gasteiger partial charge on any atom is 0 e. The zero-order chi connectivity index (χ0) is 0. The second-order valence-corrected chi connectivity index (χ2v) is 0. The van der Waals surface area contributed by atoms with E-state index in [4.69, 9.17) is 0 Å². The SMILES string of the molecule is [Ba].[Cu].[Fe].[Si]. The van der Waals surface area contributed by atoms with Crippen LogP contribution in [0, 0.1) is 0 Å². The Morgan fingerprint density at radius 3 is 1.00 bits per heavy atom. The van der Waals surface area contributed by atoms with Gasteiger partial charge in [0.1, 0.15) is 0 Å². The van der Waals surface area contributed by atoms with Crippen LogP contribution < -0.4 is 0 Å². The monoisotopic (exact) mass is 285 g/mol. The summed E-state index contributed by atoms with van der Waals surface area (Å²) in [5.74, 6) is 0. The molecule has 0 aliphatic heterocycles. The summed E-state index contributed by atoms with van der Waals surface area (Å²) in [6.07, 6.45) is 0. The third-order valence-electron chi connectivity index (χ3n) is 0.